The van der Waals surface area contributed by atoms with Crippen LogP contribution in [-0.2, 0) is 11.3 Å². The summed E-state index contributed by atoms with van der Waals surface area (Å²) in [6, 6.07) is 8.04. The van der Waals surface area contributed by atoms with Crippen LogP contribution in [0.1, 0.15) is 44.7 Å². The second kappa shape index (κ2) is 6.38. The van der Waals surface area contributed by atoms with Crippen LogP contribution < -0.4 is 10.6 Å². The van der Waals surface area contributed by atoms with Gasteiger partial charge in [0.15, 0.2) is 0 Å². The Labute approximate surface area is 132 Å². The average molecular weight is 303 g/mol. The predicted octanol–water partition coefficient (Wildman–Crippen LogP) is 2.23. The number of nitrogens with one attached hydrogen (secondary N) is 2. The van der Waals surface area contributed by atoms with Gasteiger partial charge in [-0.05, 0) is 30.9 Å². The Morgan fingerprint density at radius 2 is 1.95 bits per heavy atom. The molecule has 0 atom stereocenters. The summed E-state index contributed by atoms with van der Waals surface area (Å²) in [5.41, 5.74) is 1.95. The van der Waals surface area contributed by atoms with E-state index in [0.717, 1.165) is 5.56 Å². The van der Waals surface area contributed by atoms with Crippen molar-refractivity contribution in [2.45, 2.75) is 45.7 Å². The van der Waals surface area contributed by atoms with Gasteiger partial charge in [0.05, 0.1) is 5.54 Å². The van der Waals surface area contributed by atoms with E-state index in [-0.39, 0.29) is 24.0 Å². The highest BCUT2D eigenvalue weighted by Gasteiger charge is 2.32. The highest BCUT2D eigenvalue weighted by molar-refractivity contribution is 5.86. The van der Waals surface area contributed by atoms with Crippen molar-refractivity contribution in [3.05, 3.63) is 35.4 Å². The molecule has 2 rings (SSSR count). The van der Waals surface area contributed by atoms with Crippen LogP contribution in [0.4, 0.5) is 4.79 Å². The van der Waals surface area contributed by atoms with Crippen molar-refractivity contribution >= 4 is 11.9 Å². The van der Waals surface area contributed by atoms with Crippen molar-refractivity contribution in [3.63, 3.8) is 0 Å². The van der Waals surface area contributed by atoms with Crippen LogP contribution >= 0.6 is 0 Å². The van der Waals surface area contributed by atoms with Gasteiger partial charge in [-0.1, -0.05) is 38.1 Å². The SMILES string of the molecule is CC(C)c1ccc(CNC(=O)N2CC(=O)NC(C)(C)C2)cc1. The lowest BCUT2D eigenvalue weighted by Gasteiger charge is -2.38. The smallest absolute Gasteiger partial charge is 0.318 e. The molecule has 1 aliphatic heterocycles. The van der Waals surface area contributed by atoms with Crippen LogP contribution in [0.3, 0.4) is 0 Å². The van der Waals surface area contributed by atoms with Crippen LogP contribution in [0.15, 0.2) is 24.3 Å². The fraction of sp³-hybridized carbons (Fsp3) is 0.529. The molecule has 1 heterocycles. The fourth-order valence-electron chi connectivity index (χ4n) is 2.62. The van der Waals surface area contributed by atoms with Crippen molar-refractivity contribution in [3.8, 4) is 0 Å². The summed E-state index contributed by atoms with van der Waals surface area (Å²) in [6.45, 7) is 9.22. The molecular weight excluding hydrogens is 278 g/mol. The number of hydrogen-bond donors (Lipinski definition) is 2. The van der Waals surface area contributed by atoms with Gasteiger partial charge in [0, 0.05) is 13.1 Å². The van der Waals surface area contributed by atoms with Gasteiger partial charge < -0.3 is 15.5 Å². The maximum absolute atomic E-state index is 12.2. The first-order valence-electron chi connectivity index (χ1n) is 7.69. The summed E-state index contributed by atoms with van der Waals surface area (Å²) in [7, 11) is 0. The fourth-order valence-corrected chi connectivity index (χ4v) is 2.62. The minimum atomic E-state index is -0.383. The van der Waals surface area contributed by atoms with Gasteiger partial charge in [-0.15, -0.1) is 0 Å². The van der Waals surface area contributed by atoms with Gasteiger partial charge in [-0.2, -0.15) is 0 Å². The summed E-state index contributed by atoms with van der Waals surface area (Å²) in [5, 5.41) is 5.75. The molecule has 0 unspecified atom stereocenters. The van der Waals surface area contributed by atoms with E-state index >= 15 is 0 Å². The second-order valence-electron chi connectivity index (χ2n) is 6.84. The molecule has 0 spiro atoms. The third kappa shape index (κ3) is 4.23. The second-order valence-corrected chi connectivity index (χ2v) is 6.84. The lowest BCUT2D eigenvalue weighted by atomic mass is 10.0. The molecule has 120 valence electrons. The maximum Gasteiger partial charge on any atom is 0.318 e. The molecule has 5 heteroatoms. The highest BCUT2D eigenvalue weighted by Crippen LogP contribution is 2.15. The molecule has 1 saturated heterocycles. The quantitative estimate of drug-likeness (QED) is 0.899. The molecule has 5 nitrogen and oxygen atoms in total. The number of amides is 3. The normalized spacial score (nSPS) is 17.3. The molecule has 2 N–H and O–H groups in total. The highest BCUT2D eigenvalue weighted by atomic mass is 16.2. The first kappa shape index (κ1) is 16.3. The van der Waals surface area contributed by atoms with Crippen molar-refractivity contribution in [1.82, 2.24) is 15.5 Å². The summed E-state index contributed by atoms with van der Waals surface area (Å²) in [5.74, 6) is 0.380. The van der Waals surface area contributed by atoms with Crippen molar-refractivity contribution in [1.29, 1.82) is 0 Å². The van der Waals surface area contributed by atoms with E-state index in [0.29, 0.717) is 19.0 Å². The molecule has 1 aliphatic rings. The molecule has 0 saturated carbocycles. The topological polar surface area (TPSA) is 61.4 Å². The van der Waals surface area contributed by atoms with E-state index in [9.17, 15) is 9.59 Å². The van der Waals surface area contributed by atoms with Crippen LogP contribution in [0, 0.1) is 0 Å². The maximum atomic E-state index is 12.2. The molecule has 0 aliphatic carbocycles. The van der Waals surface area contributed by atoms with Gasteiger partial charge >= 0.3 is 6.03 Å². The molecule has 22 heavy (non-hydrogen) atoms. The molecule has 0 bridgehead atoms. The van der Waals surface area contributed by atoms with Crippen molar-refractivity contribution < 1.29 is 9.59 Å². The molecule has 1 fully saturated rings. The Hall–Kier alpha value is -2.04. The summed E-state index contributed by atoms with van der Waals surface area (Å²) in [4.78, 5) is 25.4. The summed E-state index contributed by atoms with van der Waals surface area (Å²) < 4.78 is 0. The first-order valence-corrected chi connectivity index (χ1v) is 7.69. The number of carbonyl (C=O) groups excluding carboxylic acids is 2. The standard InChI is InChI=1S/C17H25N3O2/c1-12(2)14-7-5-13(6-8-14)9-18-16(22)20-10-15(21)19-17(3,4)11-20/h5-8,12H,9-11H2,1-4H3,(H,18,22)(H,19,21). The number of piperazine rings is 1. The van der Waals surface area contributed by atoms with Crippen molar-refractivity contribution in [2.75, 3.05) is 13.1 Å². The van der Waals surface area contributed by atoms with E-state index in [2.05, 4.69) is 36.6 Å². The molecule has 1 aromatic rings. The number of hydrogen-bond acceptors (Lipinski definition) is 2. The van der Waals surface area contributed by atoms with E-state index in [1.165, 1.54) is 5.56 Å². The van der Waals surface area contributed by atoms with Gasteiger partial charge in [0.25, 0.3) is 0 Å². The predicted molar refractivity (Wildman–Crippen MR) is 86.6 cm³/mol. The number of urea groups is 1. The number of rotatable bonds is 3. The van der Waals surface area contributed by atoms with Gasteiger partial charge in [0.2, 0.25) is 5.91 Å². The first-order chi connectivity index (χ1) is 10.3. The number of carbonyl (C=O) groups is 2. The Bertz CT molecular complexity index is 550. The summed E-state index contributed by atoms with van der Waals surface area (Å²) >= 11 is 0. The number of nitrogens with zero attached hydrogens (tertiary/aromatic N) is 1. The number of benzene rings is 1. The largest absolute Gasteiger partial charge is 0.348 e. The lowest BCUT2D eigenvalue weighted by molar-refractivity contribution is -0.126. The Morgan fingerprint density at radius 1 is 1.32 bits per heavy atom. The van der Waals surface area contributed by atoms with Crippen molar-refractivity contribution in [2.24, 2.45) is 0 Å². The zero-order valence-corrected chi connectivity index (χ0v) is 13.8. The Morgan fingerprint density at radius 3 is 2.50 bits per heavy atom. The van der Waals surface area contributed by atoms with Gasteiger partial charge in [0.1, 0.15) is 6.54 Å². The minimum absolute atomic E-state index is 0.113. The average Bonchev–Trinajstić information content (AvgIpc) is 2.43. The molecule has 3 amide bonds. The lowest BCUT2D eigenvalue weighted by Crippen LogP contribution is -2.62. The van der Waals surface area contributed by atoms with Crippen LogP contribution in [-0.4, -0.2) is 35.5 Å². The third-order valence-electron chi connectivity index (χ3n) is 3.78. The van der Waals surface area contributed by atoms with Crippen LogP contribution in [0.25, 0.3) is 0 Å². The van der Waals surface area contributed by atoms with Crippen LogP contribution in [0.5, 0.6) is 0 Å². The monoisotopic (exact) mass is 303 g/mol. The van der Waals surface area contributed by atoms with Gasteiger partial charge in [-0.3, -0.25) is 4.79 Å². The zero-order valence-electron chi connectivity index (χ0n) is 13.8. The van der Waals surface area contributed by atoms with Gasteiger partial charge in [-0.25, -0.2) is 4.79 Å². The zero-order chi connectivity index (χ0) is 16.3. The molecular formula is C17H25N3O2. The molecule has 1 aromatic carbocycles. The van der Waals surface area contributed by atoms with E-state index in [4.69, 9.17) is 0 Å². The molecule has 0 radical (unpaired) electrons. The van der Waals surface area contributed by atoms with E-state index in [1.807, 2.05) is 26.0 Å². The van der Waals surface area contributed by atoms with E-state index < -0.39 is 0 Å². The minimum Gasteiger partial charge on any atom is -0.348 e. The molecule has 0 aromatic heterocycles. The summed E-state index contributed by atoms with van der Waals surface area (Å²) in [6.07, 6.45) is 0. The Kier molecular flexibility index (Phi) is 4.74. The Balaban J connectivity index is 1.91. The third-order valence-corrected chi connectivity index (χ3v) is 3.78. The van der Waals surface area contributed by atoms with E-state index in [1.54, 1.807) is 4.90 Å². The van der Waals surface area contributed by atoms with Crippen LogP contribution in [0.2, 0.25) is 0 Å².